The molecule has 0 saturated carbocycles. The minimum atomic E-state index is 0.0991. The Morgan fingerprint density at radius 3 is 2.55 bits per heavy atom. The topological polar surface area (TPSA) is 32.3 Å². The largest absolute Gasteiger partial charge is 0.378 e. The molecule has 0 aromatic heterocycles. The molecular formula is C18H19BrN2O. The maximum Gasteiger partial charge on any atom is 0.224 e. The fraction of sp³-hybridized carbons (Fsp3) is 0.278. The highest BCUT2D eigenvalue weighted by Crippen LogP contribution is 2.38. The van der Waals surface area contributed by atoms with Gasteiger partial charge in [-0.05, 0) is 49.2 Å². The Bertz CT molecular complexity index is 684. The van der Waals surface area contributed by atoms with Crippen LogP contribution in [0.3, 0.4) is 0 Å². The summed E-state index contributed by atoms with van der Waals surface area (Å²) in [5.74, 6) is 0.0991. The van der Waals surface area contributed by atoms with Gasteiger partial charge >= 0.3 is 0 Å². The number of nitrogens with one attached hydrogen (secondary N) is 1. The van der Waals surface area contributed by atoms with E-state index < -0.39 is 0 Å². The second-order valence-electron chi connectivity index (χ2n) is 5.74. The van der Waals surface area contributed by atoms with Crippen molar-refractivity contribution in [1.82, 2.24) is 0 Å². The Morgan fingerprint density at radius 1 is 1.18 bits per heavy atom. The molecule has 0 spiro atoms. The van der Waals surface area contributed by atoms with Crippen LogP contribution in [-0.4, -0.2) is 11.9 Å². The number of para-hydroxylation sites is 1. The minimum absolute atomic E-state index is 0.0991. The van der Waals surface area contributed by atoms with Crippen LogP contribution in [0.2, 0.25) is 0 Å². The van der Waals surface area contributed by atoms with Crippen molar-refractivity contribution < 1.29 is 4.79 Å². The lowest BCUT2D eigenvalue weighted by molar-refractivity contribution is -0.117. The molecule has 3 rings (SSSR count). The number of fused-ring (bicyclic) bond motifs is 1. The summed E-state index contributed by atoms with van der Waals surface area (Å²) in [6.07, 6.45) is 0.895. The van der Waals surface area contributed by atoms with Crippen LogP contribution in [0.5, 0.6) is 0 Å². The van der Waals surface area contributed by atoms with Crippen LogP contribution in [0.1, 0.15) is 31.9 Å². The third kappa shape index (κ3) is 2.88. The van der Waals surface area contributed by atoms with Gasteiger partial charge < -0.3 is 10.2 Å². The normalized spacial score (nSPS) is 20.4. The van der Waals surface area contributed by atoms with Crippen LogP contribution in [0.25, 0.3) is 0 Å². The third-order valence-electron chi connectivity index (χ3n) is 4.11. The maximum absolute atomic E-state index is 12.0. The summed E-state index contributed by atoms with van der Waals surface area (Å²) in [7, 11) is 0. The van der Waals surface area contributed by atoms with Gasteiger partial charge in [-0.3, -0.25) is 4.79 Å². The molecular weight excluding hydrogens is 340 g/mol. The predicted molar refractivity (Wildman–Crippen MR) is 94.2 cm³/mol. The number of nitrogens with zero attached hydrogens (tertiary/aromatic N) is 1. The number of carbonyl (C=O) groups excluding carboxylic acids is 1. The van der Waals surface area contributed by atoms with E-state index in [-0.39, 0.29) is 18.0 Å². The first-order valence-electron chi connectivity index (χ1n) is 7.47. The molecule has 22 heavy (non-hydrogen) atoms. The summed E-state index contributed by atoms with van der Waals surface area (Å²) in [6.45, 7) is 3.74. The van der Waals surface area contributed by atoms with E-state index in [1.54, 1.807) is 6.92 Å². The van der Waals surface area contributed by atoms with Crippen LogP contribution in [0.4, 0.5) is 11.4 Å². The summed E-state index contributed by atoms with van der Waals surface area (Å²) < 4.78 is 1.07. The van der Waals surface area contributed by atoms with Gasteiger partial charge in [0, 0.05) is 28.8 Å². The van der Waals surface area contributed by atoms with Crippen molar-refractivity contribution >= 4 is 33.2 Å². The molecule has 1 heterocycles. The molecule has 0 bridgehead atoms. The summed E-state index contributed by atoms with van der Waals surface area (Å²) in [6, 6.07) is 16.7. The van der Waals surface area contributed by atoms with Crippen molar-refractivity contribution in [3.63, 3.8) is 0 Å². The number of halogens is 1. The summed E-state index contributed by atoms with van der Waals surface area (Å²) >= 11 is 3.46. The zero-order valence-electron chi connectivity index (χ0n) is 12.7. The third-order valence-corrected chi connectivity index (χ3v) is 4.64. The number of rotatable bonds is 2. The average Bonchev–Trinajstić information content (AvgIpc) is 2.49. The van der Waals surface area contributed by atoms with E-state index >= 15 is 0 Å². The molecule has 0 unspecified atom stereocenters. The van der Waals surface area contributed by atoms with Crippen LogP contribution in [-0.2, 0) is 4.79 Å². The van der Waals surface area contributed by atoms with Crippen LogP contribution < -0.4 is 10.2 Å². The molecule has 3 nitrogen and oxygen atoms in total. The van der Waals surface area contributed by atoms with Crippen molar-refractivity contribution in [1.29, 1.82) is 0 Å². The Kier molecular flexibility index (Phi) is 4.21. The van der Waals surface area contributed by atoms with Crippen LogP contribution >= 0.6 is 15.9 Å². The van der Waals surface area contributed by atoms with E-state index in [1.807, 2.05) is 35.2 Å². The van der Waals surface area contributed by atoms with Crippen molar-refractivity contribution in [3.05, 3.63) is 58.6 Å². The van der Waals surface area contributed by atoms with E-state index in [9.17, 15) is 4.79 Å². The fourth-order valence-corrected chi connectivity index (χ4v) is 3.44. The molecule has 4 heteroatoms. The van der Waals surface area contributed by atoms with E-state index in [1.165, 1.54) is 5.56 Å². The average molecular weight is 359 g/mol. The van der Waals surface area contributed by atoms with Crippen LogP contribution in [0.15, 0.2) is 53.0 Å². The van der Waals surface area contributed by atoms with Gasteiger partial charge in [0.05, 0.1) is 6.04 Å². The van der Waals surface area contributed by atoms with E-state index in [2.05, 4.69) is 46.4 Å². The van der Waals surface area contributed by atoms with E-state index in [0.29, 0.717) is 0 Å². The lowest BCUT2D eigenvalue weighted by atomic mass is 9.91. The molecule has 0 aliphatic carbocycles. The minimum Gasteiger partial charge on any atom is -0.378 e. The number of hydrogen-bond acceptors (Lipinski definition) is 2. The van der Waals surface area contributed by atoms with Gasteiger partial charge in [-0.1, -0.05) is 34.1 Å². The number of anilines is 2. The number of amides is 1. The van der Waals surface area contributed by atoms with Crippen molar-refractivity contribution in [2.45, 2.75) is 32.4 Å². The first-order valence-corrected chi connectivity index (χ1v) is 8.26. The monoisotopic (exact) mass is 358 g/mol. The molecule has 0 radical (unpaired) electrons. The lowest BCUT2D eigenvalue weighted by Crippen LogP contribution is -2.43. The van der Waals surface area contributed by atoms with Gasteiger partial charge in [0.15, 0.2) is 0 Å². The highest BCUT2D eigenvalue weighted by Gasteiger charge is 2.31. The molecule has 2 aromatic carbocycles. The highest BCUT2D eigenvalue weighted by molar-refractivity contribution is 9.10. The van der Waals surface area contributed by atoms with Crippen LogP contribution in [0, 0.1) is 0 Å². The first-order chi connectivity index (χ1) is 10.6. The zero-order chi connectivity index (χ0) is 15.7. The predicted octanol–water partition coefficient (Wildman–Crippen LogP) is 4.75. The number of hydrogen-bond donors (Lipinski definition) is 1. The molecule has 1 N–H and O–H groups in total. The smallest absolute Gasteiger partial charge is 0.224 e. The van der Waals surface area contributed by atoms with Gasteiger partial charge in [-0.15, -0.1) is 0 Å². The Hall–Kier alpha value is -1.81. The molecule has 2 atom stereocenters. The first kappa shape index (κ1) is 15.1. The lowest BCUT2D eigenvalue weighted by Gasteiger charge is -2.39. The number of carbonyl (C=O) groups is 1. The van der Waals surface area contributed by atoms with Crippen molar-refractivity contribution in [2.75, 3.05) is 10.2 Å². The van der Waals surface area contributed by atoms with Gasteiger partial charge in [-0.2, -0.15) is 0 Å². The fourth-order valence-electron chi connectivity index (χ4n) is 3.18. The van der Waals surface area contributed by atoms with Gasteiger partial charge in [0.2, 0.25) is 5.91 Å². The summed E-state index contributed by atoms with van der Waals surface area (Å²) in [5.41, 5.74) is 3.29. The van der Waals surface area contributed by atoms with Crippen molar-refractivity contribution in [3.8, 4) is 0 Å². The maximum atomic E-state index is 12.0. The molecule has 1 amide bonds. The summed E-state index contributed by atoms with van der Waals surface area (Å²) in [5, 5.41) is 3.60. The molecule has 1 aliphatic heterocycles. The van der Waals surface area contributed by atoms with E-state index in [4.69, 9.17) is 0 Å². The second-order valence-corrected chi connectivity index (χ2v) is 6.65. The Morgan fingerprint density at radius 2 is 1.86 bits per heavy atom. The zero-order valence-corrected chi connectivity index (χ0v) is 14.3. The molecule has 0 fully saturated rings. The Balaban J connectivity index is 1.94. The quantitative estimate of drug-likeness (QED) is 0.840. The highest BCUT2D eigenvalue weighted by atomic mass is 79.9. The standard InChI is InChI=1S/C18H19BrN2O/c1-12-11-17(20-15-9-7-14(19)8-10-15)16-5-3-4-6-18(16)21(12)13(2)22/h3-10,12,17,20H,11H2,1-2H3/t12-,17+/m1/s1. The summed E-state index contributed by atoms with van der Waals surface area (Å²) in [4.78, 5) is 13.9. The van der Waals surface area contributed by atoms with Gasteiger partial charge in [0.25, 0.3) is 0 Å². The SMILES string of the molecule is CC(=O)N1c2ccccc2[C@@H](Nc2ccc(Br)cc2)C[C@H]1C. The van der Waals surface area contributed by atoms with E-state index in [0.717, 1.165) is 22.3 Å². The van der Waals surface area contributed by atoms with Gasteiger partial charge in [0.1, 0.15) is 0 Å². The molecule has 1 aliphatic rings. The number of benzene rings is 2. The van der Waals surface area contributed by atoms with Crippen molar-refractivity contribution in [2.24, 2.45) is 0 Å². The van der Waals surface area contributed by atoms with Gasteiger partial charge in [-0.25, -0.2) is 0 Å². The molecule has 114 valence electrons. The molecule has 2 aromatic rings. The molecule has 0 saturated heterocycles. The Labute approximate surface area is 139 Å². The second kappa shape index (κ2) is 6.13.